The maximum atomic E-state index is 13.3. The molecular formula is C14H20F3N3O2. The number of carbonyl (C=O) groups is 1. The Morgan fingerprint density at radius 1 is 1.41 bits per heavy atom. The molecule has 2 N–H and O–H groups in total. The summed E-state index contributed by atoms with van der Waals surface area (Å²) in [5.74, 6) is -1.39. The largest absolute Gasteiger partial charge is 0.425 e. The summed E-state index contributed by atoms with van der Waals surface area (Å²) in [5, 5.41) is 12.7. The van der Waals surface area contributed by atoms with E-state index >= 15 is 0 Å². The molecule has 5 nitrogen and oxygen atoms in total. The van der Waals surface area contributed by atoms with Crippen LogP contribution in [0.1, 0.15) is 44.3 Å². The molecule has 1 saturated carbocycles. The molecule has 1 aromatic heterocycles. The van der Waals surface area contributed by atoms with Crippen molar-refractivity contribution < 1.29 is 23.1 Å². The fraction of sp³-hybridized carbons (Fsp3) is 0.714. The van der Waals surface area contributed by atoms with Gasteiger partial charge in [0.15, 0.2) is 5.82 Å². The Bertz CT molecular complexity index is 524. The molecule has 0 bridgehead atoms. The van der Waals surface area contributed by atoms with Gasteiger partial charge in [0.05, 0.1) is 6.42 Å². The highest BCUT2D eigenvalue weighted by Gasteiger charge is 2.58. The van der Waals surface area contributed by atoms with E-state index in [-0.39, 0.29) is 6.04 Å². The van der Waals surface area contributed by atoms with E-state index in [1.165, 1.54) is 13.2 Å². The van der Waals surface area contributed by atoms with E-state index in [1.807, 2.05) is 0 Å². The molecule has 0 saturated heterocycles. The van der Waals surface area contributed by atoms with Crippen LogP contribution < -0.4 is 5.32 Å². The van der Waals surface area contributed by atoms with E-state index in [4.69, 9.17) is 0 Å². The highest BCUT2D eigenvalue weighted by molar-refractivity contribution is 5.77. The second-order valence-electron chi connectivity index (χ2n) is 5.80. The van der Waals surface area contributed by atoms with Crippen molar-refractivity contribution in [3.8, 4) is 0 Å². The second-order valence-corrected chi connectivity index (χ2v) is 5.80. The monoisotopic (exact) mass is 319 g/mol. The first-order valence-electron chi connectivity index (χ1n) is 7.30. The van der Waals surface area contributed by atoms with Crippen molar-refractivity contribution in [2.45, 2.75) is 56.3 Å². The van der Waals surface area contributed by atoms with Crippen LogP contribution in [0.2, 0.25) is 0 Å². The molecule has 124 valence electrons. The molecule has 2 rings (SSSR count). The first-order valence-corrected chi connectivity index (χ1v) is 7.30. The Hall–Kier alpha value is -1.57. The van der Waals surface area contributed by atoms with Crippen molar-refractivity contribution in [2.24, 2.45) is 7.05 Å². The van der Waals surface area contributed by atoms with E-state index in [9.17, 15) is 23.1 Å². The number of rotatable bonds is 4. The normalized spacial score (nSPS) is 19.7. The fourth-order valence-electron chi connectivity index (χ4n) is 2.83. The molecular weight excluding hydrogens is 299 g/mol. The zero-order chi connectivity index (χ0) is 16.4. The van der Waals surface area contributed by atoms with Crippen LogP contribution in [0.3, 0.4) is 0 Å². The second kappa shape index (κ2) is 6.28. The van der Waals surface area contributed by atoms with Crippen LogP contribution in [0, 0.1) is 0 Å². The molecule has 1 aliphatic rings. The van der Waals surface area contributed by atoms with Gasteiger partial charge in [0.25, 0.3) is 0 Å². The van der Waals surface area contributed by atoms with E-state index in [0.717, 1.165) is 42.9 Å². The Kier molecular flexibility index (Phi) is 4.79. The van der Waals surface area contributed by atoms with Gasteiger partial charge in [-0.05, 0) is 12.8 Å². The SMILES string of the molecule is Cn1ccnc1[C@](O)(CC(=O)NC1CCCCC1)C(F)(F)F. The smallest absolute Gasteiger partial charge is 0.374 e. The summed E-state index contributed by atoms with van der Waals surface area (Å²) in [6.07, 6.45) is 0.884. The Morgan fingerprint density at radius 2 is 2.05 bits per heavy atom. The van der Waals surface area contributed by atoms with Crippen LogP contribution in [-0.2, 0) is 17.4 Å². The molecule has 1 amide bonds. The number of nitrogens with one attached hydrogen (secondary N) is 1. The lowest BCUT2D eigenvalue weighted by Gasteiger charge is -2.30. The number of hydrogen-bond donors (Lipinski definition) is 2. The molecule has 0 aliphatic heterocycles. The summed E-state index contributed by atoms with van der Waals surface area (Å²) in [7, 11) is 1.35. The number of halogens is 3. The van der Waals surface area contributed by atoms with Gasteiger partial charge in [-0.2, -0.15) is 13.2 Å². The number of carbonyl (C=O) groups excluding carboxylic acids is 1. The van der Waals surface area contributed by atoms with Gasteiger partial charge >= 0.3 is 6.18 Å². The highest BCUT2D eigenvalue weighted by atomic mass is 19.4. The van der Waals surface area contributed by atoms with Crippen molar-refractivity contribution in [1.29, 1.82) is 0 Å². The van der Waals surface area contributed by atoms with Gasteiger partial charge in [-0.1, -0.05) is 19.3 Å². The number of aromatic nitrogens is 2. The number of amides is 1. The molecule has 8 heteroatoms. The quantitative estimate of drug-likeness (QED) is 0.892. The molecule has 0 unspecified atom stereocenters. The van der Waals surface area contributed by atoms with Crippen molar-refractivity contribution >= 4 is 5.91 Å². The molecule has 1 atom stereocenters. The first kappa shape index (κ1) is 16.8. The topological polar surface area (TPSA) is 67.1 Å². The maximum Gasteiger partial charge on any atom is 0.425 e. The summed E-state index contributed by atoms with van der Waals surface area (Å²) < 4.78 is 41.0. The number of aryl methyl sites for hydroxylation is 1. The van der Waals surface area contributed by atoms with Gasteiger partial charge in [0.1, 0.15) is 0 Å². The summed E-state index contributed by atoms with van der Waals surface area (Å²) in [6, 6.07) is -0.111. The summed E-state index contributed by atoms with van der Waals surface area (Å²) in [6.45, 7) is 0. The van der Waals surface area contributed by atoms with Crippen LogP contribution in [0.25, 0.3) is 0 Å². The van der Waals surface area contributed by atoms with Crippen LogP contribution in [0.15, 0.2) is 12.4 Å². The lowest BCUT2D eigenvalue weighted by molar-refractivity contribution is -0.271. The third-order valence-electron chi connectivity index (χ3n) is 4.05. The van der Waals surface area contributed by atoms with Crippen molar-refractivity contribution in [3.63, 3.8) is 0 Å². The van der Waals surface area contributed by atoms with Gasteiger partial charge in [0.2, 0.25) is 11.5 Å². The van der Waals surface area contributed by atoms with E-state index in [0.29, 0.717) is 0 Å². The molecule has 1 fully saturated rings. The minimum absolute atomic E-state index is 0.111. The number of nitrogens with zero attached hydrogens (tertiary/aromatic N) is 2. The number of imidazole rings is 1. The first-order chi connectivity index (χ1) is 10.2. The minimum Gasteiger partial charge on any atom is -0.374 e. The summed E-state index contributed by atoms with van der Waals surface area (Å²) in [4.78, 5) is 15.5. The van der Waals surface area contributed by atoms with Gasteiger partial charge in [-0.25, -0.2) is 4.98 Å². The lowest BCUT2D eigenvalue weighted by atomic mass is 9.93. The van der Waals surface area contributed by atoms with Gasteiger partial charge < -0.3 is 15.0 Å². The van der Waals surface area contributed by atoms with Crippen molar-refractivity contribution in [1.82, 2.24) is 14.9 Å². The summed E-state index contributed by atoms with van der Waals surface area (Å²) >= 11 is 0. The number of aliphatic hydroxyl groups is 1. The Balaban J connectivity index is 2.13. The lowest BCUT2D eigenvalue weighted by Crippen LogP contribution is -2.49. The van der Waals surface area contributed by atoms with Gasteiger partial charge in [-0.15, -0.1) is 0 Å². The molecule has 1 aromatic rings. The van der Waals surface area contributed by atoms with Gasteiger partial charge in [0, 0.05) is 25.5 Å². The van der Waals surface area contributed by atoms with E-state index in [1.54, 1.807) is 0 Å². The number of alkyl halides is 3. The highest BCUT2D eigenvalue weighted by Crippen LogP contribution is 2.40. The Morgan fingerprint density at radius 3 is 2.55 bits per heavy atom. The van der Waals surface area contributed by atoms with Crippen LogP contribution in [0.5, 0.6) is 0 Å². The maximum absolute atomic E-state index is 13.3. The zero-order valence-corrected chi connectivity index (χ0v) is 12.4. The number of hydrogen-bond acceptors (Lipinski definition) is 3. The predicted octanol–water partition coefficient (Wildman–Crippen LogP) is 2.01. The molecule has 1 heterocycles. The van der Waals surface area contributed by atoms with Crippen LogP contribution in [0.4, 0.5) is 13.2 Å². The standard InChI is InChI=1S/C14H20F3N3O2/c1-20-8-7-18-12(20)13(22,14(15,16)17)9-11(21)19-10-5-3-2-4-6-10/h7-8,10,22H,2-6,9H2,1H3,(H,19,21)/t13-/m1/s1. The average molecular weight is 319 g/mol. The van der Waals surface area contributed by atoms with E-state index in [2.05, 4.69) is 10.3 Å². The zero-order valence-electron chi connectivity index (χ0n) is 12.4. The average Bonchev–Trinajstić information content (AvgIpc) is 2.85. The van der Waals surface area contributed by atoms with Crippen LogP contribution in [-0.4, -0.2) is 32.8 Å². The molecule has 1 aliphatic carbocycles. The van der Waals surface area contributed by atoms with Crippen LogP contribution >= 0.6 is 0 Å². The molecule has 0 radical (unpaired) electrons. The predicted molar refractivity (Wildman–Crippen MR) is 72.8 cm³/mol. The minimum atomic E-state index is -4.99. The molecule has 0 aromatic carbocycles. The molecule has 0 spiro atoms. The third-order valence-corrected chi connectivity index (χ3v) is 4.05. The van der Waals surface area contributed by atoms with E-state index < -0.39 is 29.9 Å². The van der Waals surface area contributed by atoms with Crippen molar-refractivity contribution in [2.75, 3.05) is 0 Å². The summed E-state index contributed by atoms with van der Waals surface area (Å²) in [5.41, 5.74) is -3.29. The van der Waals surface area contributed by atoms with Crippen molar-refractivity contribution in [3.05, 3.63) is 18.2 Å². The fourth-order valence-corrected chi connectivity index (χ4v) is 2.83. The van der Waals surface area contributed by atoms with Gasteiger partial charge in [-0.3, -0.25) is 4.79 Å². The Labute approximate surface area is 126 Å². The third kappa shape index (κ3) is 3.43. The molecule has 22 heavy (non-hydrogen) atoms.